The van der Waals surface area contributed by atoms with Crippen molar-refractivity contribution in [2.24, 2.45) is 0 Å². The smallest absolute Gasteiger partial charge is 0.236 e. The van der Waals surface area contributed by atoms with Crippen LogP contribution in [0.3, 0.4) is 0 Å². The fraction of sp³-hybridized carbons (Fsp3) is 0.500. The van der Waals surface area contributed by atoms with Crippen LogP contribution in [-0.4, -0.2) is 27.8 Å². The van der Waals surface area contributed by atoms with Crippen LogP contribution in [-0.2, 0) is 4.79 Å². The van der Waals surface area contributed by atoms with Gasteiger partial charge in [0.25, 0.3) is 0 Å². The van der Waals surface area contributed by atoms with Crippen molar-refractivity contribution in [3.63, 3.8) is 0 Å². The molecule has 5 heavy (non-hydrogen) atoms. The third-order valence-electron chi connectivity index (χ3n) is 0.183. The molecule has 0 atom stereocenters. The molecule has 0 saturated carbocycles. The van der Waals surface area contributed by atoms with Gasteiger partial charge in [-0.1, -0.05) is 0 Å². The number of carbonyl (C=O) groups excluding carboxylic acids is 1. The lowest BCUT2D eigenvalue weighted by Crippen LogP contribution is -1.93. The van der Waals surface area contributed by atoms with E-state index in [1.54, 1.807) is 13.1 Å². The Morgan fingerprint density at radius 3 is 2.20 bits per heavy atom. The Hall–Kier alpha value is -0.403. The van der Waals surface area contributed by atoms with Crippen molar-refractivity contribution in [2.45, 2.75) is 0 Å². The molecule has 0 saturated heterocycles. The minimum Gasteiger partial charge on any atom is -0.236 e. The molecule has 0 aromatic rings. The maximum atomic E-state index is 9.34. The zero-order valence-electron chi connectivity index (χ0n) is 3.36. The van der Waals surface area contributed by atoms with E-state index >= 15 is 0 Å². The number of isocyanates is 1. The van der Waals surface area contributed by atoms with Gasteiger partial charge >= 0.3 is 16.5 Å². The van der Waals surface area contributed by atoms with Crippen LogP contribution < -0.4 is 0 Å². The van der Waals surface area contributed by atoms with Gasteiger partial charge in [0.05, 0.1) is 0 Å². The summed E-state index contributed by atoms with van der Waals surface area (Å²) in [7, 11) is 2.47. The SMILES string of the molecule is C[N+]([SiH3])=C=O. The second kappa shape index (κ2) is 1.87. The third kappa shape index (κ3) is 3.60. The van der Waals surface area contributed by atoms with Crippen LogP contribution in [0.2, 0.25) is 0 Å². The van der Waals surface area contributed by atoms with Gasteiger partial charge in [-0.2, -0.15) is 4.79 Å². The average molecular weight is 88.2 g/mol. The standard InChI is InChI=1S/C2H6NOSi/c1-3(5)2-4/h1,5H3/q+1. The molecule has 0 rings (SSSR count). The topological polar surface area (TPSA) is 20.1 Å². The zero-order valence-corrected chi connectivity index (χ0v) is 5.36. The lowest BCUT2D eigenvalue weighted by atomic mass is 11.4. The van der Waals surface area contributed by atoms with Gasteiger partial charge in [-0.3, -0.25) is 0 Å². The highest BCUT2D eigenvalue weighted by Gasteiger charge is 1.67. The highest BCUT2D eigenvalue weighted by atomic mass is 28.2. The monoisotopic (exact) mass is 88.0 g/mol. The first kappa shape index (κ1) is 4.60. The Kier molecular flexibility index (Phi) is 1.72. The maximum absolute atomic E-state index is 9.34. The van der Waals surface area contributed by atoms with E-state index in [4.69, 9.17) is 0 Å². The lowest BCUT2D eigenvalue weighted by Gasteiger charge is -1.62. The summed E-state index contributed by atoms with van der Waals surface area (Å²) in [6.07, 6.45) is 1.67. The normalized spacial score (nSPS) is 6.60. The Morgan fingerprint density at radius 2 is 2.20 bits per heavy atom. The minimum absolute atomic E-state index is 0.779. The summed E-state index contributed by atoms with van der Waals surface area (Å²) in [6.45, 7) is 0. The van der Waals surface area contributed by atoms with E-state index in [9.17, 15) is 4.79 Å². The van der Waals surface area contributed by atoms with Gasteiger partial charge in [0.2, 0.25) is 0 Å². The quantitative estimate of drug-likeness (QED) is 0.195. The summed E-state index contributed by atoms with van der Waals surface area (Å²) in [6, 6.07) is 0. The van der Waals surface area contributed by atoms with Crippen LogP contribution in [0.1, 0.15) is 0 Å². The summed E-state index contributed by atoms with van der Waals surface area (Å²) in [5, 5.41) is 0. The van der Waals surface area contributed by atoms with Gasteiger partial charge in [-0.05, 0) is 0 Å². The van der Waals surface area contributed by atoms with Crippen LogP contribution in [0.15, 0.2) is 0 Å². The van der Waals surface area contributed by atoms with E-state index < -0.39 is 0 Å². The number of hydrogen-bond donors (Lipinski definition) is 0. The highest BCUT2D eigenvalue weighted by Crippen LogP contribution is 1.31. The fourth-order valence-corrected chi connectivity index (χ4v) is 0. The molecular formula is C2H6NOSi+. The molecule has 0 unspecified atom stereocenters. The first-order chi connectivity index (χ1) is 2.27. The molecule has 0 aliphatic heterocycles. The Labute approximate surface area is 33.6 Å². The molecule has 0 N–H and O–H groups in total. The van der Waals surface area contributed by atoms with Crippen molar-refractivity contribution in [3.8, 4) is 0 Å². The van der Waals surface area contributed by atoms with Crippen LogP contribution in [0.25, 0.3) is 0 Å². The second-order valence-corrected chi connectivity index (χ2v) is 2.33. The van der Waals surface area contributed by atoms with Gasteiger partial charge in [0, 0.05) is 0 Å². The number of nitrogens with zero attached hydrogens (tertiary/aromatic N) is 1. The van der Waals surface area contributed by atoms with Gasteiger partial charge in [0.1, 0.15) is 7.05 Å². The van der Waals surface area contributed by atoms with Gasteiger partial charge in [-0.25, -0.2) is 4.24 Å². The van der Waals surface area contributed by atoms with E-state index in [0.29, 0.717) is 0 Å². The molecule has 0 heterocycles. The zero-order chi connectivity index (χ0) is 4.28. The molecule has 0 aliphatic rings. The van der Waals surface area contributed by atoms with E-state index in [2.05, 4.69) is 0 Å². The summed E-state index contributed by atoms with van der Waals surface area (Å²) < 4.78 is 1.46. The summed E-state index contributed by atoms with van der Waals surface area (Å²) in [4.78, 5) is 9.34. The van der Waals surface area contributed by atoms with Gasteiger partial charge in [-0.15, -0.1) is 0 Å². The molecular weight excluding hydrogens is 82.1 g/mol. The molecule has 0 aromatic carbocycles. The Morgan fingerprint density at radius 1 is 2.00 bits per heavy atom. The van der Waals surface area contributed by atoms with Crippen LogP contribution in [0, 0.1) is 0 Å². The molecule has 0 aromatic heterocycles. The number of rotatable bonds is 0. The van der Waals surface area contributed by atoms with E-state index in [1.807, 2.05) is 0 Å². The summed E-state index contributed by atoms with van der Waals surface area (Å²) in [5.74, 6) is 0. The predicted molar refractivity (Wildman–Crippen MR) is 21.8 cm³/mol. The molecule has 0 aliphatic carbocycles. The van der Waals surface area contributed by atoms with Crippen molar-refractivity contribution in [1.82, 2.24) is 0 Å². The van der Waals surface area contributed by atoms with Crippen LogP contribution in [0.4, 0.5) is 0 Å². The molecule has 28 valence electrons. The second-order valence-electron chi connectivity index (χ2n) is 0.986. The van der Waals surface area contributed by atoms with Crippen molar-refractivity contribution in [1.29, 1.82) is 0 Å². The minimum atomic E-state index is 0.779. The summed E-state index contributed by atoms with van der Waals surface area (Å²) in [5.41, 5.74) is 0. The van der Waals surface area contributed by atoms with Crippen molar-refractivity contribution in [2.75, 3.05) is 7.05 Å². The molecule has 0 radical (unpaired) electrons. The molecule has 3 heteroatoms. The molecule has 0 fully saturated rings. The van der Waals surface area contributed by atoms with Crippen molar-refractivity contribution < 1.29 is 9.04 Å². The van der Waals surface area contributed by atoms with Gasteiger partial charge in [0.15, 0.2) is 0 Å². The predicted octanol–water partition coefficient (Wildman–Crippen LogP) is -1.76. The van der Waals surface area contributed by atoms with Crippen molar-refractivity contribution in [3.05, 3.63) is 0 Å². The van der Waals surface area contributed by atoms with Crippen LogP contribution in [0.5, 0.6) is 0 Å². The average Bonchev–Trinajstić information content (AvgIpc) is 1.38. The largest absolute Gasteiger partial charge is 0.399 e. The molecule has 0 spiro atoms. The van der Waals surface area contributed by atoms with E-state index in [0.717, 1.165) is 10.4 Å². The van der Waals surface area contributed by atoms with Gasteiger partial charge < -0.3 is 0 Å². The first-order valence-electron chi connectivity index (χ1n) is 1.32. The molecule has 2 nitrogen and oxygen atoms in total. The maximum Gasteiger partial charge on any atom is 0.399 e. The highest BCUT2D eigenvalue weighted by molar-refractivity contribution is 5.96. The first-order valence-corrected chi connectivity index (χ1v) is 2.22. The Bertz CT molecular complexity index is 69.7. The number of hydrogen-bond acceptors (Lipinski definition) is 1. The van der Waals surface area contributed by atoms with Crippen LogP contribution >= 0.6 is 0 Å². The van der Waals surface area contributed by atoms with Crippen molar-refractivity contribution >= 4 is 16.5 Å². The molecule has 0 bridgehead atoms. The van der Waals surface area contributed by atoms with E-state index in [-0.39, 0.29) is 0 Å². The summed E-state index contributed by atoms with van der Waals surface area (Å²) >= 11 is 0. The third-order valence-corrected chi connectivity index (χ3v) is 0.365. The lowest BCUT2D eigenvalue weighted by molar-refractivity contribution is -0.331. The Balaban J connectivity index is 3.60. The molecule has 0 amide bonds. The van der Waals surface area contributed by atoms with E-state index in [1.165, 1.54) is 4.24 Å². The fourth-order valence-electron chi connectivity index (χ4n) is 0.